The maximum Gasteiger partial charge on any atom is 0.244 e. The van der Waals surface area contributed by atoms with Crippen LogP contribution in [0.3, 0.4) is 0 Å². The van der Waals surface area contributed by atoms with E-state index in [1.165, 1.54) is 11.0 Å². The van der Waals surface area contributed by atoms with Crippen molar-refractivity contribution in [2.45, 2.75) is 32.9 Å². The highest BCUT2D eigenvalue weighted by Gasteiger charge is 2.33. The van der Waals surface area contributed by atoms with E-state index in [-0.39, 0.29) is 35.5 Å². The second-order valence-corrected chi connectivity index (χ2v) is 12.6. The highest BCUT2D eigenvalue weighted by atomic mass is 35.5. The number of rotatable bonds is 12. The Morgan fingerprint density at radius 3 is 2.17 bits per heavy atom. The van der Waals surface area contributed by atoms with Gasteiger partial charge in [-0.2, -0.15) is 0 Å². The van der Waals surface area contributed by atoms with Crippen LogP contribution < -0.4 is 9.62 Å². The third kappa shape index (κ3) is 8.94. The van der Waals surface area contributed by atoms with Gasteiger partial charge in [-0.1, -0.05) is 79.5 Å². The van der Waals surface area contributed by atoms with E-state index >= 15 is 0 Å². The number of hydrogen-bond donors (Lipinski definition) is 1. The Kier molecular flexibility index (Phi) is 11.0. The van der Waals surface area contributed by atoms with E-state index in [2.05, 4.69) is 5.32 Å². The van der Waals surface area contributed by atoms with Gasteiger partial charge in [0.15, 0.2) is 0 Å². The summed E-state index contributed by atoms with van der Waals surface area (Å²) in [7, 11) is -3.99. The Hall–Kier alpha value is -3.14. The fourth-order valence-electron chi connectivity index (χ4n) is 4.02. The zero-order chi connectivity index (χ0) is 29.4. The maximum absolute atomic E-state index is 14.0. The number of carbonyl (C=O) groups is 2. The zero-order valence-corrected chi connectivity index (χ0v) is 24.8. The summed E-state index contributed by atoms with van der Waals surface area (Å²) in [6.07, 6.45) is 1.14. The number of sulfonamides is 1. The first-order chi connectivity index (χ1) is 18.8. The van der Waals surface area contributed by atoms with E-state index in [0.717, 1.165) is 28.3 Å². The topological polar surface area (TPSA) is 86.8 Å². The quantitative estimate of drug-likeness (QED) is 0.302. The van der Waals surface area contributed by atoms with Crippen LogP contribution in [-0.2, 0) is 32.6 Å². The predicted octanol–water partition coefficient (Wildman–Crippen LogP) is 5.31. The molecule has 0 aliphatic carbocycles. The monoisotopic (exact) mass is 607 g/mol. The average molecular weight is 609 g/mol. The fraction of sp³-hybridized carbons (Fsp3) is 0.310. The van der Waals surface area contributed by atoms with Crippen LogP contribution in [0.15, 0.2) is 72.8 Å². The van der Waals surface area contributed by atoms with Crippen molar-refractivity contribution < 1.29 is 22.4 Å². The summed E-state index contributed by atoms with van der Waals surface area (Å²) in [4.78, 5) is 28.9. The van der Waals surface area contributed by atoms with Crippen LogP contribution in [-0.4, -0.2) is 50.5 Å². The van der Waals surface area contributed by atoms with E-state index in [9.17, 15) is 22.4 Å². The molecule has 0 spiro atoms. The largest absolute Gasteiger partial charge is 0.354 e. The highest BCUT2D eigenvalue weighted by molar-refractivity contribution is 7.92. The summed E-state index contributed by atoms with van der Waals surface area (Å²) in [6.45, 7) is 3.71. The lowest BCUT2D eigenvalue weighted by atomic mass is 10.0. The number of anilines is 1. The van der Waals surface area contributed by atoms with Crippen molar-refractivity contribution in [3.8, 4) is 0 Å². The Morgan fingerprint density at radius 1 is 0.950 bits per heavy atom. The van der Waals surface area contributed by atoms with Crippen LogP contribution in [0.2, 0.25) is 10.0 Å². The highest BCUT2D eigenvalue weighted by Crippen LogP contribution is 2.25. The smallest absolute Gasteiger partial charge is 0.244 e. The van der Waals surface area contributed by atoms with Crippen LogP contribution in [0.5, 0.6) is 0 Å². The van der Waals surface area contributed by atoms with Gasteiger partial charge in [0.05, 0.1) is 17.0 Å². The Morgan fingerprint density at radius 2 is 1.60 bits per heavy atom. The first-order valence-electron chi connectivity index (χ1n) is 12.6. The lowest BCUT2D eigenvalue weighted by Gasteiger charge is -2.33. The lowest BCUT2D eigenvalue weighted by Crippen LogP contribution is -2.53. The average Bonchev–Trinajstić information content (AvgIpc) is 2.90. The zero-order valence-electron chi connectivity index (χ0n) is 22.5. The van der Waals surface area contributed by atoms with Gasteiger partial charge in [-0.3, -0.25) is 13.9 Å². The third-order valence-corrected chi connectivity index (χ3v) is 7.77. The predicted molar refractivity (Wildman–Crippen MR) is 157 cm³/mol. The third-order valence-electron chi connectivity index (χ3n) is 6.09. The van der Waals surface area contributed by atoms with E-state index in [4.69, 9.17) is 23.2 Å². The van der Waals surface area contributed by atoms with Crippen molar-refractivity contribution in [2.75, 3.05) is 23.7 Å². The summed E-state index contributed by atoms with van der Waals surface area (Å²) in [5, 5.41) is 3.14. The fourth-order valence-corrected chi connectivity index (χ4v) is 5.16. The molecule has 3 rings (SSSR count). The second kappa shape index (κ2) is 14.0. The van der Waals surface area contributed by atoms with Crippen LogP contribution in [0.4, 0.5) is 10.1 Å². The van der Waals surface area contributed by atoms with Gasteiger partial charge in [-0.05, 0) is 47.4 Å². The number of benzene rings is 3. The van der Waals surface area contributed by atoms with Gasteiger partial charge in [0.1, 0.15) is 18.4 Å². The number of nitrogens with zero attached hydrogens (tertiary/aromatic N) is 2. The van der Waals surface area contributed by atoms with Crippen molar-refractivity contribution in [1.29, 1.82) is 0 Å². The van der Waals surface area contributed by atoms with Crippen molar-refractivity contribution >= 4 is 50.7 Å². The first kappa shape index (κ1) is 31.4. The van der Waals surface area contributed by atoms with Crippen LogP contribution >= 0.6 is 23.2 Å². The Labute approximate surface area is 244 Å². The van der Waals surface area contributed by atoms with Gasteiger partial charge in [-0.25, -0.2) is 12.8 Å². The van der Waals surface area contributed by atoms with Crippen LogP contribution in [0.25, 0.3) is 0 Å². The molecule has 11 heteroatoms. The molecule has 1 atom stereocenters. The van der Waals surface area contributed by atoms with Crippen molar-refractivity contribution in [3.63, 3.8) is 0 Å². The van der Waals surface area contributed by atoms with Gasteiger partial charge < -0.3 is 10.2 Å². The van der Waals surface area contributed by atoms with E-state index in [0.29, 0.717) is 17.1 Å². The Balaban J connectivity index is 2.05. The van der Waals surface area contributed by atoms with Crippen molar-refractivity contribution in [2.24, 2.45) is 5.92 Å². The van der Waals surface area contributed by atoms with Crippen LogP contribution in [0.1, 0.15) is 25.0 Å². The SMILES string of the molecule is CC(C)CNC(=O)[C@@H](Cc1ccccc1)N(Cc1ccc(Cl)cc1)C(=O)CN(c1ccc(F)c(Cl)c1)S(C)(=O)=O. The number of nitrogens with one attached hydrogen (secondary N) is 1. The van der Waals surface area contributed by atoms with Crippen molar-refractivity contribution in [1.82, 2.24) is 10.2 Å². The molecule has 3 aromatic rings. The number of hydrogen-bond acceptors (Lipinski definition) is 4. The number of carbonyl (C=O) groups excluding carboxylic acids is 2. The molecule has 0 aromatic heterocycles. The molecule has 0 heterocycles. The summed E-state index contributed by atoms with van der Waals surface area (Å²) < 4.78 is 40.2. The molecule has 40 heavy (non-hydrogen) atoms. The van der Waals surface area contributed by atoms with E-state index in [1.54, 1.807) is 24.3 Å². The summed E-state index contributed by atoms with van der Waals surface area (Å²) >= 11 is 12.0. The molecule has 0 unspecified atom stereocenters. The van der Waals surface area contributed by atoms with E-state index in [1.807, 2.05) is 44.2 Å². The molecule has 0 fully saturated rings. The molecular formula is C29H32Cl2FN3O4S. The van der Waals surface area contributed by atoms with Crippen LogP contribution in [0, 0.1) is 11.7 Å². The number of amides is 2. The Bertz CT molecular complexity index is 1420. The summed E-state index contributed by atoms with van der Waals surface area (Å²) in [5.41, 5.74) is 1.55. The minimum atomic E-state index is -3.99. The maximum atomic E-state index is 14.0. The van der Waals surface area contributed by atoms with Gasteiger partial charge in [0.25, 0.3) is 0 Å². The molecular weight excluding hydrogens is 576 g/mol. The van der Waals surface area contributed by atoms with Gasteiger partial charge >= 0.3 is 0 Å². The van der Waals surface area contributed by atoms with Gasteiger partial charge in [-0.15, -0.1) is 0 Å². The van der Waals surface area contributed by atoms with Crippen molar-refractivity contribution in [3.05, 3.63) is 99.8 Å². The molecule has 0 bridgehead atoms. The normalized spacial score (nSPS) is 12.2. The molecule has 0 saturated heterocycles. The molecule has 0 radical (unpaired) electrons. The molecule has 1 N–H and O–H groups in total. The van der Waals surface area contributed by atoms with E-state index < -0.39 is 34.3 Å². The molecule has 0 saturated carbocycles. The molecule has 0 aliphatic rings. The molecule has 214 valence electrons. The standard InChI is InChI=1S/C29H32Cl2FN3O4S/c1-20(2)17-33-29(37)27(15-21-7-5-4-6-8-21)34(18-22-9-11-23(30)12-10-22)28(36)19-35(40(3,38)39)24-13-14-26(32)25(31)16-24/h4-14,16,20,27H,15,17-19H2,1-3H3,(H,33,37)/t27-/m1/s1. The first-order valence-corrected chi connectivity index (χ1v) is 15.2. The summed E-state index contributed by atoms with van der Waals surface area (Å²) in [5.74, 6) is -1.54. The molecule has 2 amide bonds. The molecule has 3 aromatic carbocycles. The van der Waals surface area contributed by atoms with Gasteiger partial charge in [0.2, 0.25) is 21.8 Å². The summed E-state index contributed by atoms with van der Waals surface area (Å²) in [6, 6.07) is 18.5. The molecule has 0 aliphatic heterocycles. The number of halogens is 3. The minimum Gasteiger partial charge on any atom is -0.354 e. The molecule has 7 nitrogen and oxygen atoms in total. The minimum absolute atomic E-state index is 0.0182. The van der Waals surface area contributed by atoms with Gasteiger partial charge in [0, 0.05) is 24.5 Å². The lowest BCUT2D eigenvalue weighted by molar-refractivity contribution is -0.140. The second-order valence-electron chi connectivity index (χ2n) is 9.86.